The highest BCUT2D eigenvalue weighted by molar-refractivity contribution is 5.94. The van der Waals surface area contributed by atoms with Gasteiger partial charge in [-0.25, -0.2) is 24.7 Å². The Bertz CT molecular complexity index is 2200. The van der Waals surface area contributed by atoms with Gasteiger partial charge in [-0.05, 0) is 42.5 Å². The molecule has 18 nitrogen and oxygen atoms in total. The highest BCUT2D eigenvalue weighted by Gasteiger charge is 2.44. The number of urea groups is 1. The van der Waals surface area contributed by atoms with Gasteiger partial charge in [0.25, 0.3) is 11.8 Å². The topological polar surface area (TPSA) is 238 Å². The number of esters is 1. The van der Waals surface area contributed by atoms with Gasteiger partial charge >= 0.3 is 12.0 Å². The van der Waals surface area contributed by atoms with Crippen LogP contribution in [0.2, 0.25) is 0 Å². The van der Waals surface area contributed by atoms with Crippen molar-refractivity contribution in [3.05, 3.63) is 108 Å². The molecule has 0 spiro atoms. The van der Waals surface area contributed by atoms with Crippen molar-refractivity contribution in [1.29, 1.82) is 0 Å². The lowest BCUT2D eigenvalue weighted by molar-refractivity contribution is -0.146. The average Bonchev–Trinajstić information content (AvgIpc) is 3.82. The Morgan fingerprint density at radius 1 is 0.833 bits per heavy atom. The molecule has 4 heterocycles. The Labute approximate surface area is 346 Å². The zero-order valence-corrected chi connectivity index (χ0v) is 33.1. The summed E-state index contributed by atoms with van der Waals surface area (Å²) in [5.74, 6) is -0.983. The lowest BCUT2D eigenvalue weighted by Crippen LogP contribution is -2.49. The molecule has 2 fully saturated rings. The number of aliphatic hydroxyl groups excluding tert-OH is 2. The lowest BCUT2D eigenvalue weighted by Gasteiger charge is -2.33. The van der Waals surface area contributed by atoms with Crippen molar-refractivity contribution in [3.8, 4) is 0 Å². The predicted octanol–water partition coefficient (Wildman–Crippen LogP) is 1.88. The lowest BCUT2D eigenvalue weighted by atomic mass is 9.91. The van der Waals surface area contributed by atoms with E-state index in [4.69, 9.17) is 4.74 Å². The molecule has 1 aliphatic heterocycles. The van der Waals surface area contributed by atoms with Gasteiger partial charge in [0.2, 0.25) is 5.82 Å². The first-order valence-corrected chi connectivity index (χ1v) is 20.0. The molecule has 7 N–H and O–H groups in total. The van der Waals surface area contributed by atoms with E-state index in [1.807, 2.05) is 78.9 Å². The molecule has 0 radical (unpaired) electrons. The Hall–Kier alpha value is -6.66. The number of anilines is 2. The molecule has 60 heavy (non-hydrogen) atoms. The van der Waals surface area contributed by atoms with E-state index in [0.717, 1.165) is 42.9 Å². The second-order valence-electron chi connectivity index (χ2n) is 14.8. The van der Waals surface area contributed by atoms with Crippen LogP contribution in [0.1, 0.15) is 59.9 Å². The van der Waals surface area contributed by atoms with Crippen LogP contribution in [0.5, 0.6) is 0 Å². The molecule has 0 bridgehead atoms. The Balaban J connectivity index is 1.05. The number of aromatic nitrogens is 5. The molecule has 18 heteroatoms. The maximum absolute atomic E-state index is 13.7. The summed E-state index contributed by atoms with van der Waals surface area (Å²) in [7, 11) is 0. The van der Waals surface area contributed by atoms with Crippen molar-refractivity contribution in [1.82, 2.24) is 45.8 Å². The van der Waals surface area contributed by atoms with E-state index in [0.29, 0.717) is 12.1 Å². The first-order valence-electron chi connectivity index (χ1n) is 20.0. The van der Waals surface area contributed by atoms with Crippen LogP contribution >= 0.6 is 0 Å². The molecule has 7 rings (SSSR count). The third kappa shape index (κ3) is 10.1. The minimum atomic E-state index is -1.36. The smallest absolute Gasteiger partial charge is 0.315 e. The molecule has 3 aromatic heterocycles. The van der Waals surface area contributed by atoms with Crippen LogP contribution in [0.15, 0.2) is 91.4 Å². The number of carbonyl (C=O) groups is 4. The quantitative estimate of drug-likeness (QED) is 0.0591. The molecule has 2 aromatic carbocycles. The Morgan fingerprint density at radius 3 is 2.18 bits per heavy atom. The number of nitrogens with zero attached hydrogens (tertiary/aromatic N) is 6. The second-order valence-corrected chi connectivity index (χ2v) is 14.8. The van der Waals surface area contributed by atoms with Crippen LogP contribution in [-0.4, -0.2) is 122 Å². The fourth-order valence-electron chi connectivity index (χ4n) is 7.69. The maximum Gasteiger partial charge on any atom is 0.315 e. The summed E-state index contributed by atoms with van der Waals surface area (Å²) >= 11 is 0. The SMILES string of the molecule is CC(=O)OCC(=O)N[C@H]1C[C@@H](n2cnc3c(NCC(c4ccccc4)c4ccccc4)nc(C(=O)NCCNC(=O)NC4CCN(c5ccccn5)CC4)nc32)[C@H](O)[C@@H]1O. The fraction of sp³-hybridized carbons (Fsp3) is 0.381. The summed E-state index contributed by atoms with van der Waals surface area (Å²) in [6.45, 7) is 2.78. The normalized spacial score (nSPS) is 19.2. The molecule has 5 aromatic rings. The number of hydrogen-bond donors (Lipinski definition) is 7. The summed E-state index contributed by atoms with van der Waals surface area (Å²) in [5.41, 5.74) is 2.64. The van der Waals surface area contributed by atoms with Gasteiger partial charge in [0.1, 0.15) is 23.5 Å². The average molecular weight is 820 g/mol. The molecular formula is C42H49N11O7. The third-order valence-electron chi connectivity index (χ3n) is 10.8. The zero-order chi connectivity index (χ0) is 42.0. The number of amides is 4. The number of ether oxygens (including phenoxy) is 1. The standard InChI is InChI=1S/C42H49N11O7/c1-26(54)60-24-34(55)49-31-22-32(37(57)36(31)56)53-25-47-35-38(46-23-30(27-10-4-2-5-11-27)28-12-6-3-7-13-28)50-39(51-40(35)53)41(58)44-18-19-45-42(59)48-29-15-20-52(21-16-29)33-14-8-9-17-43-33/h2-14,17,25,29-32,36-37,56-57H,15-16,18-24H2,1H3,(H,44,58)(H,49,55)(H2,45,48,59)(H,46,50,51)/t31-,32+,36+,37-/m0/s1. The number of hydrogen-bond acceptors (Lipinski definition) is 13. The fourth-order valence-corrected chi connectivity index (χ4v) is 7.69. The molecule has 4 amide bonds. The number of pyridine rings is 1. The van der Waals surface area contributed by atoms with Gasteiger partial charge in [-0.2, -0.15) is 0 Å². The first kappa shape index (κ1) is 41.5. The monoisotopic (exact) mass is 819 g/mol. The van der Waals surface area contributed by atoms with Gasteiger partial charge in [-0.3, -0.25) is 14.4 Å². The number of aliphatic hydroxyl groups is 2. The third-order valence-corrected chi connectivity index (χ3v) is 10.8. The summed E-state index contributed by atoms with van der Waals surface area (Å²) in [6, 6.07) is 23.7. The van der Waals surface area contributed by atoms with Gasteiger partial charge in [-0.15, -0.1) is 0 Å². The van der Waals surface area contributed by atoms with E-state index in [1.165, 1.54) is 13.3 Å². The highest BCUT2D eigenvalue weighted by Crippen LogP contribution is 2.34. The van der Waals surface area contributed by atoms with E-state index in [9.17, 15) is 29.4 Å². The van der Waals surface area contributed by atoms with Crippen molar-refractivity contribution in [2.45, 2.75) is 62.4 Å². The summed E-state index contributed by atoms with van der Waals surface area (Å²) in [6.07, 6.45) is 2.12. The largest absolute Gasteiger partial charge is 0.456 e. The van der Waals surface area contributed by atoms with Crippen molar-refractivity contribution in [2.24, 2.45) is 0 Å². The molecule has 0 unspecified atom stereocenters. The van der Waals surface area contributed by atoms with Crippen LogP contribution in [0.3, 0.4) is 0 Å². The van der Waals surface area contributed by atoms with Crippen molar-refractivity contribution in [3.63, 3.8) is 0 Å². The minimum absolute atomic E-state index is 0.00521. The van der Waals surface area contributed by atoms with Gasteiger partial charge < -0.3 is 51.0 Å². The molecule has 2 aliphatic rings. The summed E-state index contributed by atoms with van der Waals surface area (Å²) < 4.78 is 6.33. The molecule has 1 saturated heterocycles. The summed E-state index contributed by atoms with van der Waals surface area (Å²) in [4.78, 5) is 70.5. The molecule has 1 aliphatic carbocycles. The Morgan fingerprint density at radius 2 is 1.52 bits per heavy atom. The van der Waals surface area contributed by atoms with Crippen molar-refractivity contribution < 1.29 is 34.1 Å². The van der Waals surface area contributed by atoms with Gasteiger partial charge in [0.05, 0.1) is 18.4 Å². The van der Waals surface area contributed by atoms with Crippen molar-refractivity contribution >= 4 is 46.6 Å². The van der Waals surface area contributed by atoms with Crippen LogP contribution in [-0.2, 0) is 14.3 Å². The highest BCUT2D eigenvalue weighted by atomic mass is 16.5. The van der Waals surface area contributed by atoms with E-state index in [2.05, 4.69) is 51.4 Å². The summed E-state index contributed by atoms with van der Waals surface area (Å²) in [5, 5.41) is 36.8. The van der Waals surface area contributed by atoms with E-state index in [1.54, 1.807) is 10.8 Å². The molecule has 314 valence electrons. The Kier molecular flexibility index (Phi) is 13.4. The number of nitrogens with one attached hydrogen (secondary N) is 5. The van der Waals surface area contributed by atoms with E-state index < -0.39 is 48.7 Å². The number of carbonyl (C=O) groups excluding carboxylic acids is 4. The van der Waals surface area contributed by atoms with Crippen LogP contribution < -0.4 is 31.5 Å². The van der Waals surface area contributed by atoms with Gasteiger partial charge in [-0.1, -0.05) is 66.7 Å². The first-order chi connectivity index (χ1) is 29.1. The number of imidazole rings is 1. The number of rotatable bonds is 15. The zero-order valence-electron chi connectivity index (χ0n) is 33.1. The van der Waals surface area contributed by atoms with Gasteiger partial charge in [0, 0.05) is 57.8 Å². The van der Waals surface area contributed by atoms with E-state index >= 15 is 0 Å². The second kappa shape index (κ2) is 19.4. The molecule has 4 atom stereocenters. The number of piperidine rings is 1. The molecule has 1 saturated carbocycles. The predicted molar refractivity (Wildman–Crippen MR) is 221 cm³/mol. The van der Waals surface area contributed by atoms with Crippen molar-refractivity contribution in [2.75, 3.05) is 49.5 Å². The van der Waals surface area contributed by atoms with Crippen LogP contribution in [0, 0.1) is 0 Å². The minimum Gasteiger partial charge on any atom is -0.456 e. The van der Waals surface area contributed by atoms with Gasteiger partial charge in [0.15, 0.2) is 18.1 Å². The van der Waals surface area contributed by atoms with E-state index in [-0.39, 0.29) is 54.8 Å². The maximum atomic E-state index is 13.7. The molecular weight excluding hydrogens is 771 g/mol. The van der Waals surface area contributed by atoms with Crippen LogP contribution in [0.25, 0.3) is 11.2 Å². The number of benzene rings is 2. The van der Waals surface area contributed by atoms with Crippen LogP contribution in [0.4, 0.5) is 16.4 Å². The number of fused-ring (bicyclic) bond motifs is 1.